The van der Waals surface area contributed by atoms with Crippen molar-refractivity contribution in [2.45, 2.75) is 39.7 Å². The molecule has 0 spiro atoms. The summed E-state index contributed by atoms with van der Waals surface area (Å²) in [6.45, 7) is 6.57. The molecule has 2 heterocycles. The highest BCUT2D eigenvalue weighted by Gasteiger charge is 2.18. The van der Waals surface area contributed by atoms with Crippen LogP contribution in [0.2, 0.25) is 0 Å². The van der Waals surface area contributed by atoms with Crippen molar-refractivity contribution in [2.75, 3.05) is 0 Å². The number of nitrogens with two attached hydrogens (primary N) is 1. The maximum absolute atomic E-state index is 6.14. The molecule has 0 aliphatic heterocycles. The fraction of sp³-hybridized carbons (Fsp3) is 0.583. The SMILES string of the molecule is CC(C)(C)CC(N)Cc1nnc2ncccn12. The molecular weight excluding hydrogens is 214 g/mol. The van der Waals surface area contributed by atoms with Gasteiger partial charge in [-0.05, 0) is 17.9 Å². The lowest BCUT2D eigenvalue weighted by Gasteiger charge is -2.22. The quantitative estimate of drug-likeness (QED) is 0.870. The Morgan fingerprint density at radius 3 is 2.82 bits per heavy atom. The van der Waals surface area contributed by atoms with Crippen LogP contribution in [0.4, 0.5) is 0 Å². The second-order valence-electron chi connectivity index (χ2n) is 5.63. The molecule has 92 valence electrons. The van der Waals surface area contributed by atoms with Gasteiger partial charge in [-0.25, -0.2) is 4.98 Å². The fourth-order valence-electron chi connectivity index (χ4n) is 2.02. The number of fused-ring (bicyclic) bond motifs is 1. The molecule has 0 amide bonds. The van der Waals surface area contributed by atoms with Gasteiger partial charge in [0.05, 0.1) is 0 Å². The lowest BCUT2D eigenvalue weighted by Crippen LogP contribution is -2.29. The van der Waals surface area contributed by atoms with Crippen LogP contribution in [0.25, 0.3) is 5.78 Å². The van der Waals surface area contributed by atoms with E-state index in [0.717, 1.165) is 18.7 Å². The molecule has 5 nitrogen and oxygen atoms in total. The van der Waals surface area contributed by atoms with Crippen LogP contribution in [0.15, 0.2) is 18.5 Å². The standard InChI is InChI=1S/C12H19N5/c1-12(2,3)8-9(13)7-10-15-16-11-14-5-4-6-17(10)11/h4-6,9H,7-8,13H2,1-3H3. The zero-order chi connectivity index (χ0) is 12.5. The topological polar surface area (TPSA) is 69.1 Å². The molecule has 0 aliphatic carbocycles. The Balaban J connectivity index is 2.13. The van der Waals surface area contributed by atoms with Crippen LogP contribution in [0.1, 0.15) is 33.0 Å². The molecular formula is C12H19N5. The summed E-state index contributed by atoms with van der Waals surface area (Å²) in [6, 6.07) is 1.97. The van der Waals surface area contributed by atoms with Crippen molar-refractivity contribution in [3.05, 3.63) is 24.3 Å². The van der Waals surface area contributed by atoms with E-state index < -0.39 is 0 Å². The molecule has 2 aromatic rings. The first-order valence-electron chi connectivity index (χ1n) is 5.86. The Kier molecular flexibility index (Phi) is 3.11. The van der Waals surface area contributed by atoms with Gasteiger partial charge in [-0.2, -0.15) is 0 Å². The summed E-state index contributed by atoms with van der Waals surface area (Å²) < 4.78 is 1.89. The highest BCUT2D eigenvalue weighted by molar-refractivity contribution is 5.26. The minimum Gasteiger partial charge on any atom is -0.327 e. The number of hydrogen-bond acceptors (Lipinski definition) is 4. The lowest BCUT2D eigenvalue weighted by molar-refractivity contribution is 0.336. The van der Waals surface area contributed by atoms with E-state index in [2.05, 4.69) is 36.0 Å². The van der Waals surface area contributed by atoms with Crippen molar-refractivity contribution >= 4 is 5.78 Å². The normalized spacial score (nSPS) is 14.1. The Morgan fingerprint density at radius 1 is 1.35 bits per heavy atom. The third kappa shape index (κ3) is 3.00. The van der Waals surface area contributed by atoms with Crippen LogP contribution in [0, 0.1) is 5.41 Å². The fourth-order valence-corrected chi connectivity index (χ4v) is 2.02. The third-order valence-electron chi connectivity index (χ3n) is 2.58. The monoisotopic (exact) mass is 233 g/mol. The van der Waals surface area contributed by atoms with E-state index in [4.69, 9.17) is 5.73 Å². The molecule has 0 saturated carbocycles. The van der Waals surface area contributed by atoms with E-state index >= 15 is 0 Å². The zero-order valence-corrected chi connectivity index (χ0v) is 10.6. The summed E-state index contributed by atoms with van der Waals surface area (Å²) in [5, 5.41) is 8.15. The molecule has 0 radical (unpaired) electrons. The molecule has 0 bridgehead atoms. The van der Waals surface area contributed by atoms with E-state index in [1.807, 2.05) is 16.7 Å². The molecule has 5 heteroatoms. The predicted molar refractivity (Wildman–Crippen MR) is 66.5 cm³/mol. The summed E-state index contributed by atoms with van der Waals surface area (Å²) in [5.41, 5.74) is 6.37. The molecule has 1 atom stereocenters. The first-order chi connectivity index (χ1) is 7.96. The Morgan fingerprint density at radius 2 is 2.12 bits per heavy atom. The van der Waals surface area contributed by atoms with Crippen LogP contribution in [-0.4, -0.2) is 25.6 Å². The largest absolute Gasteiger partial charge is 0.327 e. The molecule has 2 N–H and O–H groups in total. The van der Waals surface area contributed by atoms with Crippen molar-refractivity contribution in [3.63, 3.8) is 0 Å². The molecule has 2 aromatic heterocycles. The molecule has 1 unspecified atom stereocenters. The second-order valence-corrected chi connectivity index (χ2v) is 5.63. The van der Waals surface area contributed by atoms with Crippen molar-refractivity contribution < 1.29 is 0 Å². The first kappa shape index (κ1) is 12.0. The highest BCUT2D eigenvalue weighted by atomic mass is 15.3. The Bertz CT molecular complexity index is 497. The van der Waals surface area contributed by atoms with Gasteiger partial charge < -0.3 is 5.73 Å². The third-order valence-corrected chi connectivity index (χ3v) is 2.58. The maximum Gasteiger partial charge on any atom is 0.254 e. The number of rotatable bonds is 3. The van der Waals surface area contributed by atoms with Crippen molar-refractivity contribution in [3.8, 4) is 0 Å². The predicted octanol–water partition coefficient (Wildman–Crippen LogP) is 1.43. The molecule has 2 rings (SSSR count). The van der Waals surface area contributed by atoms with Crippen LogP contribution < -0.4 is 5.73 Å². The molecule has 0 fully saturated rings. The van der Waals surface area contributed by atoms with Gasteiger partial charge in [0.15, 0.2) is 0 Å². The maximum atomic E-state index is 6.14. The molecule has 0 aliphatic rings. The summed E-state index contributed by atoms with van der Waals surface area (Å²) in [7, 11) is 0. The van der Waals surface area contributed by atoms with E-state index in [1.165, 1.54) is 0 Å². The van der Waals surface area contributed by atoms with Gasteiger partial charge in [-0.15, -0.1) is 10.2 Å². The molecule has 0 aromatic carbocycles. The van der Waals surface area contributed by atoms with Gasteiger partial charge in [-0.1, -0.05) is 20.8 Å². The van der Waals surface area contributed by atoms with E-state index in [1.54, 1.807) is 6.20 Å². The summed E-state index contributed by atoms with van der Waals surface area (Å²) >= 11 is 0. The first-order valence-corrected chi connectivity index (χ1v) is 5.86. The smallest absolute Gasteiger partial charge is 0.254 e. The minimum atomic E-state index is 0.0996. The summed E-state index contributed by atoms with van der Waals surface area (Å²) in [4.78, 5) is 4.13. The number of hydrogen-bond donors (Lipinski definition) is 1. The highest BCUT2D eigenvalue weighted by Crippen LogP contribution is 2.21. The molecule has 0 saturated heterocycles. The van der Waals surface area contributed by atoms with Crippen molar-refractivity contribution in [1.82, 2.24) is 19.6 Å². The van der Waals surface area contributed by atoms with Crippen LogP contribution in [0.3, 0.4) is 0 Å². The number of aromatic nitrogens is 4. The van der Waals surface area contributed by atoms with E-state index in [0.29, 0.717) is 5.78 Å². The zero-order valence-electron chi connectivity index (χ0n) is 10.6. The van der Waals surface area contributed by atoms with Gasteiger partial charge in [0, 0.05) is 24.9 Å². The summed E-state index contributed by atoms with van der Waals surface area (Å²) in [5.74, 6) is 1.51. The average Bonchev–Trinajstić information content (AvgIpc) is 2.59. The lowest BCUT2D eigenvalue weighted by atomic mass is 9.87. The van der Waals surface area contributed by atoms with Gasteiger partial charge in [0.25, 0.3) is 5.78 Å². The van der Waals surface area contributed by atoms with Crippen molar-refractivity contribution in [2.24, 2.45) is 11.1 Å². The van der Waals surface area contributed by atoms with E-state index in [9.17, 15) is 0 Å². The van der Waals surface area contributed by atoms with Crippen molar-refractivity contribution in [1.29, 1.82) is 0 Å². The van der Waals surface area contributed by atoms with Gasteiger partial charge in [0.2, 0.25) is 0 Å². The number of nitrogens with zero attached hydrogens (tertiary/aromatic N) is 4. The minimum absolute atomic E-state index is 0.0996. The van der Waals surface area contributed by atoms with Crippen LogP contribution in [0.5, 0.6) is 0 Å². The van der Waals surface area contributed by atoms with Gasteiger partial charge in [-0.3, -0.25) is 4.40 Å². The summed E-state index contributed by atoms with van der Waals surface area (Å²) in [6.07, 6.45) is 5.32. The Hall–Kier alpha value is -1.49. The van der Waals surface area contributed by atoms with Crippen LogP contribution in [-0.2, 0) is 6.42 Å². The average molecular weight is 233 g/mol. The Labute approximate surface area is 101 Å². The molecule has 17 heavy (non-hydrogen) atoms. The second kappa shape index (κ2) is 4.41. The van der Waals surface area contributed by atoms with Gasteiger partial charge in [0.1, 0.15) is 5.82 Å². The van der Waals surface area contributed by atoms with E-state index in [-0.39, 0.29) is 11.5 Å². The van der Waals surface area contributed by atoms with Crippen LogP contribution >= 0.6 is 0 Å². The van der Waals surface area contributed by atoms with Gasteiger partial charge >= 0.3 is 0 Å².